The molecule has 6 nitrogen and oxygen atoms in total. The molecule has 0 aliphatic carbocycles. The van der Waals surface area contributed by atoms with E-state index in [1.807, 2.05) is 35.7 Å². The van der Waals surface area contributed by atoms with Crippen molar-refractivity contribution >= 4 is 23.2 Å². The number of rotatable bonds is 5. The topological polar surface area (TPSA) is 72.7 Å². The number of para-hydroxylation sites is 1. The Morgan fingerprint density at radius 3 is 2.72 bits per heavy atom. The molecule has 1 aromatic carbocycles. The van der Waals surface area contributed by atoms with Gasteiger partial charge in [0.1, 0.15) is 5.65 Å². The van der Waals surface area contributed by atoms with Crippen LogP contribution in [0.2, 0.25) is 0 Å². The second-order valence-corrected chi connectivity index (χ2v) is 5.66. The number of methoxy groups -OCH3 is 1. The van der Waals surface area contributed by atoms with Gasteiger partial charge in [0.05, 0.1) is 24.1 Å². The van der Waals surface area contributed by atoms with Crippen LogP contribution in [0.4, 0.5) is 5.69 Å². The maximum absolute atomic E-state index is 12.3. The molecule has 0 fully saturated rings. The average molecular weight is 337 g/mol. The molecule has 1 amide bonds. The molecule has 0 bridgehead atoms. The largest absolute Gasteiger partial charge is 0.465 e. The van der Waals surface area contributed by atoms with Gasteiger partial charge in [-0.3, -0.25) is 4.79 Å². The lowest BCUT2D eigenvalue weighted by Gasteiger charge is -2.09. The number of fused-ring (bicyclic) bond motifs is 1. The molecule has 0 spiro atoms. The normalized spacial score (nSPS) is 10.6. The first-order valence-corrected chi connectivity index (χ1v) is 8.00. The van der Waals surface area contributed by atoms with Crippen LogP contribution >= 0.6 is 0 Å². The zero-order valence-corrected chi connectivity index (χ0v) is 14.2. The summed E-state index contributed by atoms with van der Waals surface area (Å²) < 4.78 is 6.73. The molecular weight excluding hydrogens is 318 g/mol. The summed E-state index contributed by atoms with van der Waals surface area (Å²) in [7, 11) is 1.31. The van der Waals surface area contributed by atoms with Crippen molar-refractivity contribution in [3.8, 4) is 0 Å². The molecule has 0 saturated heterocycles. The van der Waals surface area contributed by atoms with Crippen molar-refractivity contribution in [2.24, 2.45) is 0 Å². The average Bonchev–Trinajstić information content (AvgIpc) is 2.95. The summed E-state index contributed by atoms with van der Waals surface area (Å²) in [4.78, 5) is 28.6. The van der Waals surface area contributed by atoms with Gasteiger partial charge in [-0.15, -0.1) is 0 Å². The van der Waals surface area contributed by atoms with Gasteiger partial charge in [0.15, 0.2) is 0 Å². The van der Waals surface area contributed by atoms with Crippen molar-refractivity contribution in [2.45, 2.75) is 19.8 Å². The number of aryl methyl sites for hydroxylation is 2. The van der Waals surface area contributed by atoms with Crippen molar-refractivity contribution in [3.63, 3.8) is 0 Å². The first-order valence-electron chi connectivity index (χ1n) is 8.00. The Labute approximate surface area is 145 Å². The van der Waals surface area contributed by atoms with Gasteiger partial charge >= 0.3 is 5.97 Å². The Morgan fingerprint density at radius 2 is 1.92 bits per heavy atom. The fourth-order valence-electron chi connectivity index (χ4n) is 2.79. The maximum Gasteiger partial charge on any atom is 0.339 e. The zero-order valence-electron chi connectivity index (χ0n) is 14.2. The quantitative estimate of drug-likeness (QED) is 0.727. The fraction of sp³-hybridized carbons (Fsp3) is 0.211. The third-order valence-corrected chi connectivity index (χ3v) is 4.02. The van der Waals surface area contributed by atoms with Gasteiger partial charge in [-0.1, -0.05) is 18.2 Å². The number of carbonyl (C=O) groups is 2. The van der Waals surface area contributed by atoms with Crippen molar-refractivity contribution in [2.75, 3.05) is 12.4 Å². The molecule has 2 heterocycles. The molecule has 0 atom stereocenters. The highest BCUT2D eigenvalue weighted by atomic mass is 16.5. The minimum atomic E-state index is -0.478. The smallest absolute Gasteiger partial charge is 0.339 e. The molecule has 0 unspecified atom stereocenters. The molecule has 2 aromatic heterocycles. The minimum absolute atomic E-state index is 0.165. The summed E-state index contributed by atoms with van der Waals surface area (Å²) in [5, 5.41) is 2.79. The number of anilines is 1. The van der Waals surface area contributed by atoms with E-state index in [9.17, 15) is 9.59 Å². The summed E-state index contributed by atoms with van der Waals surface area (Å²) in [6.07, 6.45) is 2.79. The van der Waals surface area contributed by atoms with E-state index in [0.717, 1.165) is 17.0 Å². The first kappa shape index (κ1) is 16.7. The number of amides is 1. The molecule has 6 heteroatoms. The van der Waals surface area contributed by atoms with Crippen LogP contribution in [0.5, 0.6) is 0 Å². The Bertz CT molecular complexity index is 931. The Balaban J connectivity index is 1.72. The number of hydrogen-bond donors (Lipinski definition) is 1. The van der Waals surface area contributed by atoms with E-state index >= 15 is 0 Å². The molecule has 0 radical (unpaired) electrons. The second-order valence-electron chi connectivity index (χ2n) is 5.66. The van der Waals surface area contributed by atoms with Gasteiger partial charge in [0.2, 0.25) is 5.91 Å². The summed E-state index contributed by atoms with van der Waals surface area (Å²) in [6.45, 7) is 1.94. The fourth-order valence-corrected chi connectivity index (χ4v) is 2.79. The number of esters is 1. The standard InChI is InChI=1S/C19H19N3O3/c1-13-16(22-12-6-5-9-17(22)20-13)10-11-18(23)21-15-8-4-3-7-14(15)19(24)25-2/h3-9,12H,10-11H2,1-2H3,(H,21,23). The van der Waals surface area contributed by atoms with E-state index in [4.69, 9.17) is 4.74 Å². The van der Waals surface area contributed by atoms with Crippen molar-refractivity contribution in [1.29, 1.82) is 0 Å². The monoisotopic (exact) mass is 337 g/mol. The molecule has 0 aliphatic rings. The minimum Gasteiger partial charge on any atom is -0.465 e. The number of aromatic nitrogens is 2. The SMILES string of the molecule is COC(=O)c1ccccc1NC(=O)CCc1c(C)nc2ccccn12. The highest BCUT2D eigenvalue weighted by Crippen LogP contribution is 2.18. The van der Waals surface area contributed by atoms with Gasteiger partial charge in [0, 0.05) is 18.3 Å². The predicted octanol–water partition coefficient (Wildman–Crippen LogP) is 3.00. The van der Waals surface area contributed by atoms with Crippen LogP contribution in [0.25, 0.3) is 5.65 Å². The second kappa shape index (κ2) is 7.17. The van der Waals surface area contributed by atoms with Crippen LogP contribution in [0.15, 0.2) is 48.7 Å². The van der Waals surface area contributed by atoms with Gasteiger partial charge in [-0.05, 0) is 37.6 Å². The number of imidazole rings is 1. The first-order chi connectivity index (χ1) is 12.1. The van der Waals surface area contributed by atoms with Crippen molar-refractivity contribution in [3.05, 3.63) is 65.6 Å². The van der Waals surface area contributed by atoms with Crippen LogP contribution in [-0.2, 0) is 16.0 Å². The molecule has 1 N–H and O–H groups in total. The zero-order chi connectivity index (χ0) is 17.8. The summed E-state index contributed by atoms with van der Waals surface area (Å²) in [5.74, 6) is -0.643. The Hall–Kier alpha value is -3.15. The number of carbonyl (C=O) groups excluding carboxylic acids is 2. The lowest BCUT2D eigenvalue weighted by molar-refractivity contribution is -0.116. The number of hydrogen-bond acceptors (Lipinski definition) is 4. The number of ether oxygens (including phenoxy) is 1. The van der Waals surface area contributed by atoms with Crippen molar-refractivity contribution < 1.29 is 14.3 Å². The molecule has 0 aliphatic heterocycles. The van der Waals surface area contributed by atoms with Gasteiger partial charge in [0.25, 0.3) is 0 Å². The van der Waals surface area contributed by atoms with Crippen LogP contribution < -0.4 is 5.32 Å². The summed E-state index contributed by atoms with van der Waals surface area (Å²) >= 11 is 0. The molecule has 0 saturated carbocycles. The lowest BCUT2D eigenvalue weighted by atomic mass is 10.1. The van der Waals surface area contributed by atoms with Crippen LogP contribution in [0, 0.1) is 6.92 Å². The van der Waals surface area contributed by atoms with Gasteiger partial charge in [-0.2, -0.15) is 0 Å². The number of nitrogens with one attached hydrogen (secondary N) is 1. The molecular formula is C19H19N3O3. The Morgan fingerprint density at radius 1 is 1.16 bits per heavy atom. The third kappa shape index (κ3) is 3.52. The van der Waals surface area contributed by atoms with Gasteiger partial charge in [-0.25, -0.2) is 9.78 Å². The van der Waals surface area contributed by atoms with E-state index in [2.05, 4.69) is 10.3 Å². The van der Waals surface area contributed by atoms with E-state index in [1.165, 1.54) is 7.11 Å². The van der Waals surface area contributed by atoms with E-state index < -0.39 is 5.97 Å². The Kier molecular flexibility index (Phi) is 4.79. The van der Waals surface area contributed by atoms with Crippen LogP contribution in [0.1, 0.15) is 28.2 Å². The van der Waals surface area contributed by atoms with Crippen LogP contribution in [-0.4, -0.2) is 28.4 Å². The van der Waals surface area contributed by atoms with E-state index in [-0.39, 0.29) is 5.91 Å². The van der Waals surface area contributed by atoms with Crippen LogP contribution in [0.3, 0.4) is 0 Å². The van der Waals surface area contributed by atoms with E-state index in [1.54, 1.807) is 24.3 Å². The highest BCUT2D eigenvalue weighted by molar-refractivity contribution is 6.01. The molecule has 128 valence electrons. The molecule has 3 rings (SSSR count). The van der Waals surface area contributed by atoms with Crippen molar-refractivity contribution in [1.82, 2.24) is 9.38 Å². The highest BCUT2D eigenvalue weighted by Gasteiger charge is 2.14. The summed E-state index contributed by atoms with van der Waals surface area (Å²) in [6, 6.07) is 12.6. The van der Waals surface area contributed by atoms with E-state index in [0.29, 0.717) is 24.1 Å². The lowest BCUT2D eigenvalue weighted by Crippen LogP contribution is -2.16. The summed E-state index contributed by atoms with van der Waals surface area (Å²) in [5.41, 5.74) is 3.57. The maximum atomic E-state index is 12.3. The number of pyridine rings is 1. The third-order valence-electron chi connectivity index (χ3n) is 4.02. The number of benzene rings is 1. The predicted molar refractivity (Wildman–Crippen MR) is 94.7 cm³/mol. The van der Waals surface area contributed by atoms with Gasteiger partial charge < -0.3 is 14.5 Å². The molecule has 25 heavy (non-hydrogen) atoms. The molecule has 3 aromatic rings. The number of nitrogens with zero attached hydrogens (tertiary/aromatic N) is 2.